The third-order valence-corrected chi connectivity index (χ3v) is 5.99. The van der Waals surface area contributed by atoms with E-state index < -0.39 is 5.91 Å². The molecule has 0 saturated heterocycles. The van der Waals surface area contributed by atoms with Gasteiger partial charge >= 0.3 is 0 Å². The van der Waals surface area contributed by atoms with Crippen molar-refractivity contribution in [1.29, 1.82) is 5.26 Å². The number of carbonyl (C=O) groups excluding carboxylic acids is 1. The Morgan fingerprint density at radius 1 is 1.14 bits per heavy atom. The third-order valence-electron chi connectivity index (χ3n) is 4.82. The van der Waals surface area contributed by atoms with Crippen molar-refractivity contribution >= 4 is 51.9 Å². The number of hydrogen-bond acceptors (Lipinski definition) is 5. The van der Waals surface area contributed by atoms with Gasteiger partial charge in [-0.1, -0.05) is 42.5 Å². The van der Waals surface area contributed by atoms with Crippen LogP contribution in [0.25, 0.3) is 6.08 Å². The molecule has 0 bridgehead atoms. The van der Waals surface area contributed by atoms with Gasteiger partial charge in [-0.05, 0) is 83.6 Å². The van der Waals surface area contributed by atoms with Crippen LogP contribution in [0.2, 0.25) is 5.02 Å². The predicted molar refractivity (Wildman–Crippen MR) is 150 cm³/mol. The lowest BCUT2D eigenvalue weighted by Gasteiger charge is -2.14. The predicted octanol–water partition coefficient (Wildman–Crippen LogP) is 7.03. The Bertz CT molecular complexity index is 1300. The zero-order valence-electron chi connectivity index (χ0n) is 19.6. The van der Waals surface area contributed by atoms with Crippen molar-refractivity contribution in [2.45, 2.75) is 13.5 Å². The summed E-state index contributed by atoms with van der Waals surface area (Å²) in [5, 5.41) is 13.0. The summed E-state index contributed by atoms with van der Waals surface area (Å²) >= 11 is 8.29. The number of halogens is 2. The average Bonchev–Trinajstić information content (AvgIpc) is 2.87. The number of nitrogens with zero attached hydrogens (tertiary/aromatic N) is 1. The Morgan fingerprint density at radius 3 is 2.56 bits per heavy atom. The maximum atomic E-state index is 12.8. The summed E-state index contributed by atoms with van der Waals surface area (Å²) < 4.78 is 18.0. The van der Waals surface area contributed by atoms with Crippen LogP contribution in [0.4, 0.5) is 5.69 Å². The van der Waals surface area contributed by atoms with Gasteiger partial charge in [0.15, 0.2) is 11.5 Å². The zero-order chi connectivity index (χ0) is 25.9. The SMILES string of the molecule is C=CCOc1c(I)cc(/C=C(\C#N)C(=O)Nc2ccc(OCc3ccccc3Cl)cc2)cc1OCC. The normalized spacial score (nSPS) is 10.8. The maximum Gasteiger partial charge on any atom is 0.266 e. The van der Waals surface area contributed by atoms with Crippen molar-refractivity contribution in [2.75, 3.05) is 18.5 Å². The molecule has 0 saturated carbocycles. The summed E-state index contributed by atoms with van der Waals surface area (Å²) in [4.78, 5) is 12.8. The average molecular weight is 615 g/mol. The molecule has 0 unspecified atom stereocenters. The summed E-state index contributed by atoms with van der Waals surface area (Å²) in [6.07, 6.45) is 3.16. The minimum absolute atomic E-state index is 0.0490. The molecule has 0 spiro atoms. The fourth-order valence-corrected chi connectivity index (χ4v) is 4.11. The molecule has 0 aliphatic rings. The number of nitrogens with one attached hydrogen (secondary N) is 1. The molecule has 36 heavy (non-hydrogen) atoms. The molecule has 0 atom stereocenters. The lowest BCUT2D eigenvalue weighted by Crippen LogP contribution is -2.13. The van der Waals surface area contributed by atoms with Gasteiger partial charge in [-0.2, -0.15) is 5.26 Å². The second-order valence-corrected chi connectivity index (χ2v) is 8.96. The van der Waals surface area contributed by atoms with E-state index in [0.717, 1.165) is 9.13 Å². The molecule has 0 heterocycles. The molecule has 184 valence electrons. The highest BCUT2D eigenvalue weighted by Crippen LogP contribution is 2.35. The second-order valence-electron chi connectivity index (χ2n) is 7.39. The highest BCUT2D eigenvalue weighted by molar-refractivity contribution is 14.1. The Hall–Kier alpha value is -3.48. The van der Waals surface area contributed by atoms with Crippen LogP contribution in [-0.2, 0) is 11.4 Å². The van der Waals surface area contributed by atoms with Crippen molar-refractivity contribution < 1.29 is 19.0 Å². The molecule has 0 aliphatic carbocycles. The van der Waals surface area contributed by atoms with Gasteiger partial charge in [-0.15, -0.1) is 0 Å². The number of rotatable bonds is 11. The van der Waals surface area contributed by atoms with Gasteiger partial charge < -0.3 is 19.5 Å². The van der Waals surface area contributed by atoms with Crippen LogP contribution in [0.15, 0.2) is 78.9 Å². The molecule has 3 aromatic carbocycles. The minimum Gasteiger partial charge on any atom is -0.490 e. The van der Waals surface area contributed by atoms with E-state index in [-0.39, 0.29) is 5.57 Å². The van der Waals surface area contributed by atoms with Crippen LogP contribution >= 0.6 is 34.2 Å². The summed E-state index contributed by atoms with van der Waals surface area (Å²) in [5.41, 5.74) is 2.00. The van der Waals surface area contributed by atoms with Crippen molar-refractivity contribution in [1.82, 2.24) is 0 Å². The first kappa shape index (κ1) is 27.1. The Kier molecular flexibility index (Phi) is 10.2. The summed E-state index contributed by atoms with van der Waals surface area (Å²) in [5.74, 6) is 1.22. The van der Waals surface area contributed by atoms with Crippen molar-refractivity contribution in [3.8, 4) is 23.3 Å². The Morgan fingerprint density at radius 2 is 1.89 bits per heavy atom. The molecule has 8 heteroatoms. The largest absolute Gasteiger partial charge is 0.490 e. The molecule has 1 N–H and O–H groups in total. The van der Waals surface area contributed by atoms with E-state index in [1.165, 1.54) is 6.08 Å². The molecule has 0 radical (unpaired) electrons. The number of hydrogen-bond donors (Lipinski definition) is 1. The molecule has 1 amide bonds. The van der Waals surface area contributed by atoms with E-state index in [4.69, 9.17) is 25.8 Å². The fraction of sp³-hybridized carbons (Fsp3) is 0.143. The lowest BCUT2D eigenvalue weighted by atomic mass is 10.1. The second kappa shape index (κ2) is 13.6. The van der Waals surface area contributed by atoms with Crippen LogP contribution in [0.5, 0.6) is 17.2 Å². The Labute approximate surface area is 229 Å². The van der Waals surface area contributed by atoms with Crippen LogP contribution in [0.3, 0.4) is 0 Å². The van der Waals surface area contributed by atoms with Gasteiger partial charge in [0.25, 0.3) is 5.91 Å². The van der Waals surface area contributed by atoms with Gasteiger partial charge in [-0.25, -0.2) is 0 Å². The first-order valence-corrected chi connectivity index (χ1v) is 12.5. The van der Waals surface area contributed by atoms with Crippen LogP contribution in [0, 0.1) is 14.9 Å². The summed E-state index contributed by atoms with van der Waals surface area (Å²) in [6, 6.07) is 19.9. The molecule has 0 fully saturated rings. The van der Waals surface area contributed by atoms with Crippen LogP contribution in [-0.4, -0.2) is 19.1 Å². The van der Waals surface area contributed by atoms with Crippen molar-refractivity contribution in [3.63, 3.8) is 0 Å². The quantitative estimate of drug-likeness (QED) is 0.109. The number of benzene rings is 3. The third kappa shape index (κ3) is 7.51. The first-order valence-electron chi connectivity index (χ1n) is 11.0. The molecular weight excluding hydrogens is 591 g/mol. The van der Waals surface area contributed by atoms with E-state index in [1.807, 2.05) is 43.3 Å². The number of nitriles is 1. The van der Waals surface area contributed by atoms with Crippen LogP contribution in [0.1, 0.15) is 18.1 Å². The van der Waals surface area contributed by atoms with E-state index in [2.05, 4.69) is 34.5 Å². The molecule has 3 rings (SSSR count). The molecule has 0 aliphatic heterocycles. The number of ether oxygens (including phenoxy) is 3. The molecule has 6 nitrogen and oxygen atoms in total. The van der Waals surface area contributed by atoms with Gasteiger partial charge in [0.2, 0.25) is 0 Å². The molecular formula is C28H24ClIN2O4. The topological polar surface area (TPSA) is 80.6 Å². The van der Waals surface area contributed by atoms with E-state index in [9.17, 15) is 10.1 Å². The first-order chi connectivity index (χ1) is 17.4. The van der Waals surface area contributed by atoms with E-state index in [0.29, 0.717) is 53.3 Å². The van der Waals surface area contributed by atoms with E-state index >= 15 is 0 Å². The summed E-state index contributed by atoms with van der Waals surface area (Å²) in [7, 11) is 0. The van der Waals surface area contributed by atoms with Gasteiger partial charge in [0, 0.05) is 16.3 Å². The molecule has 0 aromatic heterocycles. The smallest absolute Gasteiger partial charge is 0.266 e. The highest BCUT2D eigenvalue weighted by atomic mass is 127. The highest BCUT2D eigenvalue weighted by Gasteiger charge is 2.14. The summed E-state index contributed by atoms with van der Waals surface area (Å²) in [6.45, 7) is 6.63. The Balaban J connectivity index is 1.70. The van der Waals surface area contributed by atoms with Gasteiger partial charge in [0.1, 0.15) is 30.6 Å². The van der Waals surface area contributed by atoms with E-state index in [1.54, 1.807) is 36.4 Å². The molecule has 3 aromatic rings. The number of amides is 1. The fourth-order valence-electron chi connectivity index (χ4n) is 3.14. The monoisotopic (exact) mass is 614 g/mol. The van der Waals surface area contributed by atoms with Gasteiger partial charge in [0.05, 0.1) is 10.2 Å². The van der Waals surface area contributed by atoms with Crippen molar-refractivity contribution in [2.24, 2.45) is 0 Å². The lowest BCUT2D eigenvalue weighted by molar-refractivity contribution is -0.112. The zero-order valence-corrected chi connectivity index (χ0v) is 22.5. The number of anilines is 1. The standard InChI is InChI=1S/C28H24ClIN2O4/c1-3-13-35-27-25(30)15-19(16-26(27)34-4-2)14-21(17-31)28(33)32-22-9-11-23(12-10-22)36-18-20-7-5-6-8-24(20)29/h3,5-12,14-16H,1,4,13,18H2,2H3,(H,32,33)/b21-14+. The van der Waals surface area contributed by atoms with Gasteiger partial charge in [-0.3, -0.25) is 4.79 Å². The minimum atomic E-state index is -0.526. The van der Waals surface area contributed by atoms with Crippen LogP contribution < -0.4 is 19.5 Å². The maximum absolute atomic E-state index is 12.8. The van der Waals surface area contributed by atoms with Crippen molar-refractivity contribution in [3.05, 3.63) is 98.6 Å². The number of carbonyl (C=O) groups is 1.